The van der Waals surface area contributed by atoms with E-state index in [0.717, 1.165) is 5.56 Å². The summed E-state index contributed by atoms with van der Waals surface area (Å²) in [5.41, 5.74) is 1.72. The van der Waals surface area contributed by atoms with Gasteiger partial charge in [-0.2, -0.15) is 0 Å². The van der Waals surface area contributed by atoms with Crippen LogP contribution in [0.25, 0.3) is 0 Å². The number of allylic oxidation sites excluding steroid dienone is 1. The molecule has 0 saturated carbocycles. The average molecular weight is 404 g/mol. The van der Waals surface area contributed by atoms with E-state index < -0.39 is 12.0 Å². The molecule has 1 aliphatic heterocycles. The predicted octanol–water partition coefficient (Wildman–Crippen LogP) is 5.24. The van der Waals surface area contributed by atoms with E-state index >= 15 is 0 Å². The minimum Gasteiger partial charge on any atom is -0.447 e. The summed E-state index contributed by atoms with van der Waals surface area (Å²) in [6.45, 7) is 3.92. The van der Waals surface area contributed by atoms with Gasteiger partial charge in [-0.05, 0) is 36.1 Å². The van der Waals surface area contributed by atoms with Crippen molar-refractivity contribution in [1.29, 1.82) is 0 Å². The number of imide groups is 1. The zero-order valence-electron chi connectivity index (χ0n) is 14.6. The summed E-state index contributed by atoms with van der Waals surface area (Å²) >= 11 is 12.1. The summed E-state index contributed by atoms with van der Waals surface area (Å²) in [4.78, 5) is 26.8. The molecular formula is C21H19Cl2NO3. The fourth-order valence-electron chi connectivity index (χ4n) is 3.21. The molecule has 1 heterocycles. The fraction of sp³-hybridized carbons (Fsp3) is 0.238. The van der Waals surface area contributed by atoms with Crippen LogP contribution in [0.2, 0.25) is 10.0 Å². The molecule has 0 aromatic heterocycles. The Morgan fingerprint density at radius 1 is 1.22 bits per heavy atom. The number of cyclic esters (lactones) is 1. The van der Waals surface area contributed by atoms with Crippen LogP contribution in [0.3, 0.4) is 0 Å². The van der Waals surface area contributed by atoms with Gasteiger partial charge in [0.2, 0.25) is 5.91 Å². The SMILES string of the molecule is C=CC[C@H](C(=O)N1C(=O)OC[C@@H]1Cc1ccccc1)c1ccc(Cl)c(Cl)c1. The summed E-state index contributed by atoms with van der Waals surface area (Å²) in [6, 6.07) is 14.4. The molecule has 0 spiro atoms. The maximum absolute atomic E-state index is 13.2. The second-order valence-corrected chi connectivity index (χ2v) is 7.19. The van der Waals surface area contributed by atoms with Crippen molar-refractivity contribution in [2.75, 3.05) is 6.61 Å². The van der Waals surface area contributed by atoms with Crippen molar-refractivity contribution < 1.29 is 14.3 Å². The van der Waals surface area contributed by atoms with E-state index in [1.165, 1.54) is 4.90 Å². The lowest BCUT2D eigenvalue weighted by Crippen LogP contribution is -2.42. The Morgan fingerprint density at radius 2 is 1.96 bits per heavy atom. The molecule has 2 aromatic rings. The number of halogens is 2. The number of hydrogen-bond acceptors (Lipinski definition) is 3. The van der Waals surface area contributed by atoms with Gasteiger partial charge >= 0.3 is 6.09 Å². The molecule has 6 heteroatoms. The van der Waals surface area contributed by atoms with E-state index in [1.54, 1.807) is 24.3 Å². The molecular weight excluding hydrogens is 385 g/mol. The summed E-state index contributed by atoms with van der Waals surface area (Å²) in [5, 5.41) is 0.772. The molecule has 0 radical (unpaired) electrons. The fourth-order valence-corrected chi connectivity index (χ4v) is 3.52. The first kappa shape index (κ1) is 19.5. The van der Waals surface area contributed by atoms with Crippen molar-refractivity contribution in [2.24, 2.45) is 0 Å². The van der Waals surface area contributed by atoms with Gasteiger partial charge in [-0.3, -0.25) is 4.79 Å². The van der Waals surface area contributed by atoms with Gasteiger partial charge in [0, 0.05) is 0 Å². The molecule has 2 aromatic carbocycles. The van der Waals surface area contributed by atoms with Crippen molar-refractivity contribution in [3.8, 4) is 0 Å². The van der Waals surface area contributed by atoms with Gasteiger partial charge in [0.05, 0.1) is 22.0 Å². The van der Waals surface area contributed by atoms with Gasteiger partial charge in [-0.25, -0.2) is 9.69 Å². The molecule has 27 heavy (non-hydrogen) atoms. The molecule has 2 atom stereocenters. The Labute approximate surface area is 168 Å². The average Bonchev–Trinajstić information content (AvgIpc) is 3.02. The number of benzene rings is 2. The van der Waals surface area contributed by atoms with Gasteiger partial charge in [-0.1, -0.05) is 65.7 Å². The lowest BCUT2D eigenvalue weighted by atomic mass is 9.93. The molecule has 0 aliphatic carbocycles. The smallest absolute Gasteiger partial charge is 0.417 e. The highest BCUT2D eigenvalue weighted by molar-refractivity contribution is 6.42. The minimum absolute atomic E-state index is 0.182. The molecule has 3 rings (SSSR count). The first-order valence-electron chi connectivity index (χ1n) is 8.61. The van der Waals surface area contributed by atoms with Crippen molar-refractivity contribution in [3.63, 3.8) is 0 Å². The van der Waals surface area contributed by atoms with Crippen LogP contribution >= 0.6 is 23.2 Å². The Morgan fingerprint density at radius 3 is 2.63 bits per heavy atom. The monoisotopic (exact) mass is 403 g/mol. The second kappa shape index (κ2) is 8.59. The zero-order chi connectivity index (χ0) is 19.4. The third kappa shape index (κ3) is 4.34. The lowest BCUT2D eigenvalue weighted by Gasteiger charge is -2.25. The molecule has 1 saturated heterocycles. The van der Waals surface area contributed by atoms with Crippen molar-refractivity contribution in [2.45, 2.75) is 24.8 Å². The molecule has 4 nitrogen and oxygen atoms in total. The molecule has 1 aliphatic rings. The normalized spacial score (nSPS) is 17.5. The Balaban J connectivity index is 1.87. The van der Waals surface area contributed by atoms with E-state index in [4.69, 9.17) is 27.9 Å². The van der Waals surface area contributed by atoms with E-state index in [-0.39, 0.29) is 18.6 Å². The quantitative estimate of drug-likeness (QED) is 0.619. The van der Waals surface area contributed by atoms with Gasteiger partial charge in [0.25, 0.3) is 0 Å². The van der Waals surface area contributed by atoms with Crippen LogP contribution in [0, 0.1) is 0 Å². The molecule has 0 bridgehead atoms. The summed E-state index contributed by atoms with van der Waals surface area (Å²) < 4.78 is 5.17. The molecule has 0 unspecified atom stereocenters. The highest BCUT2D eigenvalue weighted by atomic mass is 35.5. The van der Waals surface area contributed by atoms with Crippen molar-refractivity contribution >= 4 is 35.2 Å². The molecule has 2 amide bonds. The molecule has 1 fully saturated rings. The summed E-state index contributed by atoms with van der Waals surface area (Å²) in [6.07, 6.45) is 1.95. The largest absolute Gasteiger partial charge is 0.447 e. The van der Waals surface area contributed by atoms with Gasteiger partial charge in [0.1, 0.15) is 6.61 Å². The summed E-state index contributed by atoms with van der Waals surface area (Å²) in [5.74, 6) is -0.905. The van der Waals surface area contributed by atoms with Crippen molar-refractivity contribution in [3.05, 3.63) is 82.4 Å². The van der Waals surface area contributed by atoms with Crippen LogP contribution in [0.5, 0.6) is 0 Å². The Bertz CT molecular complexity index is 854. The number of carbonyl (C=O) groups excluding carboxylic acids is 2. The van der Waals surface area contributed by atoms with Gasteiger partial charge in [-0.15, -0.1) is 6.58 Å². The van der Waals surface area contributed by atoms with E-state index in [2.05, 4.69) is 6.58 Å². The van der Waals surface area contributed by atoms with E-state index in [1.807, 2.05) is 30.3 Å². The first-order valence-corrected chi connectivity index (χ1v) is 9.36. The second-order valence-electron chi connectivity index (χ2n) is 6.38. The number of hydrogen-bond donors (Lipinski definition) is 0. The zero-order valence-corrected chi connectivity index (χ0v) is 16.1. The van der Waals surface area contributed by atoms with Gasteiger partial charge in [0.15, 0.2) is 0 Å². The number of nitrogens with zero attached hydrogens (tertiary/aromatic N) is 1. The highest BCUT2D eigenvalue weighted by Crippen LogP contribution is 2.31. The number of ether oxygens (including phenoxy) is 1. The first-order chi connectivity index (χ1) is 13.0. The van der Waals surface area contributed by atoms with E-state index in [9.17, 15) is 9.59 Å². The minimum atomic E-state index is -0.616. The third-order valence-electron chi connectivity index (χ3n) is 4.56. The Kier molecular flexibility index (Phi) is 6.19. The van der Waals surface area contributed by atoms with E-state index in [0.29, 0.717) is 28.5 Å². The summed E-state index contributed by atoms with van der Waals surface area (Å²) in [7, 11) is 0. The number of carbonyl (C=O) groups is 2. The van der Waals surface area contributed by atoms with Crippen LogP contribution in [-0.4, -0.2) is 29.5 Å². The predicted molar refractivity (Wildman–Crippen MR) is 106 cm³/mol. The van der Waals surface area contributed by atoms with Crippen LogP contribution in [0.1, 0.15) is 23.5 Å². The van der Waals surface area contributed by atoms with Crippen molar-refractivity contribution in [1.82, 2.24) is 4.90 Å². The lowest BCUT2D eigenvalue weighted by molar-refractivity contribution is -0.130. The molecule has 0 N–H and O–H groups in total. The topological polar surface area (TPSA) is 46.6 Å². The number of amides is 2. The number of rotatable bonds is 6. The Hall–Kier alpha value is -2.30. The standard InChI is InChI=1S/C21H19Cl2NO3/c1-2-6-17(15-9-10-18(22)19(23)12-15)20(25)24-16(13-27-21(24)26)11-14-7-4-3-5-8-14/h2-5,7-10,12,16-17H,1,6,11,13H2/t16-,17-/m0/s1. The van der Waals surface area contributed by atoms with Crippen LogP contribution in [0.15, 0.2) is 61.2 Å². The molecule has 140 valence electrons. The third-order valence-corrected chi connectivity index (χ3v) is 5.30. The van der Waals surface area contributed by atoms with Crippen LogP contribution in [0.4, 0.5) is 4.79 Å². The maximum atomic E-state index is 13.2. The van der Waals surface area contributed by atoms with Gasteiger partial charge < -0.3 is 4.74 Å². The highest BCUT2D eigenvalue weighted by Gasteiger charge is 2.40. The maximum Gasteiger partial charge on any atom is 0.417 e. The van der Waals surface area contributed by atoms with Crippen LogP contribution in [-0.2, 0) is 16.0 Å². The van der Waals surface area contributed by atoms with Crippen LogP contribution < -0.4 is 0 Å².